The van der Waals surface area contributed by atoms with Gasteiger partial charge in [-0.15, -0.1) is 0 Å². The topological polar surface area (TPSA) is 73.6 Å². The van der Waals surface area contributed by atoms with Crippen molar-refractivity contribution in [3.63, 3.8) is 0 Å². The molecule has 3 atom stereocenters. The van der Waals surface area contributed by atoms with E-state index in [9.17, 15) is 9.90 Å². The number of amidine groups is 1. The smallest absolute Gasteiger partial charge is 0.240 e. The van der Waals surface area contributed by atoms with Gasteiger partial charge in [0.05, 0.1) is 24.2 Å². The summed E-state index contributed by atoms with van der Waals surface area (Å²) in [6, 6.07) is 0. The summed E-state index contributed by atoms with van der Waals surface area (Å²) in [7, 11) is 1.69. The van der Waals surface area contributed by atoms with Crippen LogP contribution in [0.25, 0.3) is 0 Å². The molecule has 2 N–H and O–H groups in total. The van der Waals surface area contributed by atoms with Gasteiger partial charge in [0.15, 0.2) is 0 Å². The fourth-order valence-corrected chi connectivity index (χ4v) is 4.93. The quantitative estimate of drug-likeness (QED) is 0.784. The average molecular weight is 363 g/mol. The second-order valence-electron chi connectivity index (χ2n) is 8.57. The predicted molar refractivity (Wildman–Crippen MR) is 102 cm³/mol. The van der Waals surface area contributed by atoms with E-state index in [1.165, 1.54) is 37.0 Å². The molecule has 0 bridgehead atoms. The zero-order valence-electron chi connectivity index (χ0n) is 16.3. The first-order valence-electron chi connectivity index (χ1n) is 10.3. The van der Waals surface area contributed by atoms with E-state index >= 15 is 0 Å². The van der Waals surface area contributed by atoms with Crippen LogP contribution in [0.5, 0.6) is 0 Å². The molecule has 26 heavy (non-hydrogen) atoms. The first-order chi connectivity index (χ1) is 12.4. The Morgan fingerprint density at radius 3 is 2.54 bits per heavy atom. The molecule has 3 unspecified atom stereocenters. The van der Waals surface area contributed by atoms with Crippen molar-refractivity contribution in [3.05, 3.63) is 11.6 Å². The highest BCUT2D eigenvalue weighted by Gasteiger charge is 2.47. The van der Waals surface area contributed by atoms with E-state index in [1.54, 1.807) is 7.05 Å². The lowest BCUT2D eigenvalue weighted by atomic mass is 9.68. The molecule has 5 nitrogen and oxygen atoms in total. The Labute approximate surface area is 157 Å². The van der Waals surface area contributed by atoms with Crippen LogP contribution in [-0.4, -0.2) is 47.6 Å². The fourth-order valence-electron chi connectivity index (χ4n) is 4.93. The molecule has 1 heterocycles. The van der Waals surface area contributed by atoms with Crippen molar-refractivity contribution < 1.29 is 14.6 Å². The molecule has 5 heteroatoms. The number of ether oxygens (including phenoxy) is 1. The molecule has 0 saturated heterocycles. The van der Waals surface area contributed by atoms with Crippen molar-refractivity contribution >= 4 is 11.7 Å². The Kier molecular flexibility index (Phi) is 6.18. The normalized spacial score (nSPS) is 34.1. The zero-order chi connectivity index (χ0) is 18.7. The number of carbonyl (C=O) groups excluding carboxylic acids is 1. The molecule has 3 aliphatic rings. The van der Waals surface area contributed by atoms with Gasteiger partial charge in [-0.1, -0.05) is 50.5 Å². The maximum atomic E-state index is 13.3. The number of nitrogens with one attached hydrogen (secondary N) is 1. The number of likely N-dealkylation sites (N-methyl/N-ethyl adjacent to an activating group) is 1. The van der Waals surface area contributed by atoms with Crippen molar-refractivity contribution in [3.8, 4) is 0 Å². The minimum atomic E-state index is -0.682. The molecule has 146 valence electrons. The first kappa shape index (κ1) is 19.6. The summed E-state index contributed by atoms with van der Waals surface area (Å²) in [5.74, 6) is 0.777. The number of aliphatic hydroxyl groups is 1. The van der Waals surface area contributed by atoms with E-state index in [0.717, 1.165) is 37.7 Å². The third kappa shape index (κ3) is 3.89. The molecule has 2 fully saturated rings. The third-order valence-corrected chi connectivity index (χ3v) is 6.76. The molecule has 0 radical (unpaired) electrons. The minimum Gasteiger partial charge on any atom is -0.390 e. The molecule has 0 spiro atoms. The van der Waals surface area contributed by atoms with Crippen molar-refractivity contribution in [2.45, 2.75) is 83.3 Å². The van der Waals surface area contributed by atoms with E-state index in [0.29, 0.717) is 12.5 Å². The lowest BCUT2D eigenvalue weighted by molar-refractivity contribution is -0.145. The fraction of sp³-hybridized carbons (Fsp3) is 0.810. The number of hydrogen-bond donors (Lipinski definition) is 2. The average Bonchev–Trinajstić information content (AvgIpc) is 2.64. The lowest BCUT2D eigenvalue weighted by Gasteiger charge is -2.43. The summed E-state index contributed by atoms with van der Waals surface area (Å²) in [6.07, 6.45) is 11.9. The number of carbonyl (C=O) groups is 1. The zero-order valence-corrected chi connectivity index (χ0v) is 16.3. The van der Waals surface area contributed by atoms with Gasteiger partial charge in [0.2, 0.25) is 5.91 Å². The summed E-state index contributed by atoms with van der Waals surface area (Å²) in [5, 5.41) is 18.3. The molecular weight excluding hydrogens is 328 g/mol. The van der Waals surface area contributed by atoms with Crippen LogP contribution in [0.1, 0.15) is 71.1 Å². The van der Waals surface area contributed by atoms with Crippen LogP contribution in [0.2, 0.25) is 0 Å². The van der Waals surface area contributed by atoms with Gasteiger partial charge in [0.25, 0.3) is 0 Å². The van der Waals surface area contributed by atoms with Crippen LogP contribution < -0.4 is 0 Å². The number of hydrogen-bond acceptors (Lipinski definition) is 4. The number of nitrogens with zero attached hydrogens (tertiary/aromatic N) is 1. The molecule has 3 rings (SSSR count). The van der Waals surface area contributed by atoms with E-state index in [2.05, 4.69) is 0 Å². The summed E-state index contributed by atoms with van der Waals surface area (Å²) in [5.41, 5.74) is 0.264. The van der Waals surface area contributed by atoms with Crippen LogP contribution in [0.15, 0.2) is 11.6 Å². The van der Waals surface area contributed by atoms with E-state index in [4.69, 9.17) is 10.1 Å². The van der Waals surface area contributed by atoms with Gasteiger partial charge in [0.1, 0.15) is 5.84 Å². The van der Waals surface area contributed by atoms with E-state index in [-0.39, 0.29) is 17.8 Å². The van der Waals surface area contributed by atoms with Crippen LogP contribution in [-0.2, 0) is 9.53 Å². The van der Waals surface area contributed by atoms with E-state index < -0.39 is 11.5 Å². The SMILES string of the molecule is CC1=CC(=N)N(C)C(=O)C1(COC1CCCCC1O)CC1CCCCC1. The molecule has 2 saturated carbocycles. The van der Waals surface area contributed by atoms with Crippen molar-refractivity contribution in [2.75, 3.05) is 13.7 Å². The summed E-state index contributed by atoms with van der Waals surface area (Å²) < 4.78 is 6.20. The Bertz CT molecular complexity index is 568. The monoisotopic (exact) mass is 362 g/mol. The molecule has 0 aromatic rings. The van der Waals surface area contributed by atoms with Crippen LogP contribution >= 0.6 is 0 Å². The second-order valence-corrected chi connectivity index (χ2v) is 8.57. The lowest BCUT2D eigenvalue weighted by Crippen LogP contribution is -2.52. The Balaban J connectivity index is 1.82. The van der Waals surface area contributed by atoms with Gasteiger partial charge in [-0.3, -0.25) is 15.1 Å². The predicted octanol–water partition coefficient (Wildman–Crippen LogP) is 3.66. The maximum absolute atomic E-state index is 13.3. The summed E-state index contributed by atoms with van der Waals surface area (Å²) in [6.45, 7) is 2.30. The van der Waals surface area contributed by atoms with Crippen molar-refractivity contribution in [2.24, 2.45) is 11.3 Å². The molecular formula is C21H34N2O3. The highest BCUT2D eigenvalue weighted by Crippen LogP contribution is 2.43. The summed E-state index contributed by atoms with van der Waals surface area (Å²) in [4.78, 5) is 14.8. The largest absolute Gasteiger partial charge is 0.390 e. The number of aliphatic hydroxyl groups excluding tert-OH is 1. The van der Waals surface area contributed by atoms with Crippen LogP contribution in [0, 0.1) is 16.7 Å². The van der Waals surface area contributed by atoms with Gasteiger partial charge >= 0.3 is 0 Å². The third-order valence-electron chi connectivity index (χ3n) is 6.76. The number of rotatable bonds is 5. The molecule has 0 aromatic carbocycles. The minimum absolute atomic E-state index is 0.0154. The highest BCUT2D eigenvalue weighted by atomic mass is 16.5. The Morgan fingerprint density at radius 2 is 1.85 bits per heavy atom. The van der Waals surface area contributed by atoms with Crippen molar-refractivity contribution in [1.82, 2.24) is 4.90 Å². The first-order valence-corrected chi connectivity index (χ1v) is 10.3. The second kappa shape index (κ2) is 8.22. The molecule has 1 aliphatic heterocycles. The van der Waals surface area contributed by atoms with Crippen LogP contribution in [0.4, 0.5) is 0 Å². The number of amides is 1. The van der Waals surface area contributed by atoms with Gasteiger partial charge in [-0.05, 0) is 38.2 Å². The molecule has 1 amide bonds. The van der Waals surface area contributed by atoms with Gasteiger partial charge in [-0.25, -0.2) is 0 Å². The summed E-state index contributed by atoms with van der Waals surface area (Å²) >= 11 is 0. The Morgan fingerprint density at radius 1 is 1.19 bits per heavy atom. The highest BCUT2D eigenvalue weighted by molar-refractivity contribution is 6.09. The standard InChI is InChI=1S/C21H34N2O3/c1-15-12-19(22)23(2)20(25)21(15,13-16-8-4-3-5-9-16)14-26-18-11-7-6-10-17(18)24/h12,16-18,22,24H,3-11,13-14H2,1-2H3. The van der Waals surface area contributed by atoms with E-state index in [1.807, 2.05) is 13.0 Å². The van der Waals surface area contributed by atoms with Gasteiger partial charge < -0.3 is 9.84 Å². The van der Waals surface area contributed by atoms with Crippen molar-refractivity contribution in [1.29, 1.82) is 5.41 Å². The Hall–Kier alpha value is -1.20. The molecule has 2 aliphatic carbocycles. The molecule has 0 aromatic heterocycles. The van der Waals surface area contributed by atoms with Gasteiger partial charge in [-0.2, -0.15) is 0 Å². The van der Waals surface area contributed by atoms with Crippen LogP contribution in [0.3, 0.4) is 0 Å². The van der Waals surface area contributed by atoms with Gasteiger partial charge in [0, 0.05) is 7.05 Å². The maximum Gasteiger partial charge on any atom is 0.240 e.